The molecule has 0 aliphatic carbocycles. The number of carbonyl (C=O) groups excluding carboxylic acids is 1. The van der Waals surface area contributed by atoms with Crippen LogP contribution in [0, 0.1) is 0 Å². The number of likely N-dealkylation sites (N-methyl/N-ethyl adjacent to an activating group) is 1. The number of hydroxylamine groups is 2. The zero-order chi connectivity index (χ0) is 14.4. The molecule has 2 rings (SSSR count). The van der Waals surface area contributed by atoms with E-state index in [0.717, 1.165) is 25.2 Å². The Morgan fingerprint density at radius 2 is 1.95 bits per heavy atom. The zero-order valence-electron chi connectivity index (χ0n) is 12.3. The summed E-state index contributed by atoms with van der Waals surface area (Å²) >= 11 is -0.115. The van der Waals surface area contributed by atoms with Crippen LogP contribution in [0.2, 0.25) is 0 Å². The second-order valence-electron chi connectivity index (χ2n) is 6.22. The summed E-state index contributed by atoms with van der Waals surface area (Å²) in [4.78, 5) is 14.8. The van der Waals surface area contributed by atoms with Crippen molar-refractivity contribution in [3.63, 3.8) is 0 Å². The van der Waals surface area contributed by atoms with Crippen LogP contribution in [-0.2, 0) is 4.79 Å². The van der Waals surface area contributed by atoms with Crippen molar-refractivity contribution >= 4 is 21.1 Å². The summed E-state index contributed by atoms with van der Waals surface area (Å²) in [6, 6.07) is 0. The Morgan fingerprint density at radius 1 is 1.32 bits per heavy atom. The molecule has 1 N–H and O–H groups in total. The Bertz CT molecular complexity index is 420. The molecule has 1 saturated heterocycles. The minimum atomic E-state index is -0.867. The molecule has 0 atom stereocenters. The third-order valence-electron chi connectivity index (χ3n) is 3.71. The molecule has 2 aliphatic heterocycles. The standard InChI is InChI=1S/C13H23N3O2Se/c1-12(2)11(17)15(19-13(3,4)16(12)18)10-6-8-14(5)9-7-10/h6,18H,7-9H2,1-5H3. The Hall–Kier alpha value is -0.391. The molecule has 6 heteroatoms. The predicted molar refractivity (Wildman–Crippen MR) is 74.6 cm³/mol. The first-order valence-electron chi connectivity index (χ1n) is 6.57. The van der Waals surface area contributed by atoms with E-state index in [1.807, 2.05) is 17.8 Å². The molecule has 0 aromatic carbocycles. The van der Waals surface area contributed by atoms with Crippen molar-refractivity contribution in [2.75, 3.05) is 20.1 Å². The van der Waals surface area contributed by atoms with E-state index < -0.39 is 5.54 Å². The fraction of sp³-hybridized carbons (Fsp3) is 0.769. The molecule has 0 spiro atoms. The van der Waals surface area contributed by atoms with E-state index >= 15 is 0 Å². The summed E-state index contributed by atoms with van der Waals surface area (Å²) in [5, 5.41) is 11.5. The van der Waals surface area contributed by atoms with Gasteiger partial charge in [0.15, 0.2) is 0 Å². The summed E-state index contributed by atoms with van der Waals surface area (Å²) in [7, 11) is 2.08. The van der Waals surface area contributed by atoms with Gasteiger partial charge in [-0.25, -0.2) is 0 Å². The molecule has 0 unspecified atom stereocenters. The van der Waals surface area contributed by atoms with Gasteiger partial charge in [-0.05, 0) is 0 Å². The number of carbonyl (C=O) groups is 1. The Morgan fingerprint density at radius 3 is 2.47 bits per heavy atom. The molecule has 2 heterocycles. The van der Waals surface area contributed by atoms with Gasteiger partial charge in [0.25, 0.3) is 0 Å². The molecule has 0 bridgehead atoms. The molecule has 0 aromatic rings. The number of nitrogens with zero attached hydrogens (tertiary/aromatic N) is 3. The van der Waals surface area contributed by atoms with Crippen molar-refractivity contribution < 1.29 is 10.0 Å². The van der Waals surface area contributed by atoms with Crippen LogP contribution >= 0.6 is 0 Å². The summed E-state index contributed by atoms with van der Waals surface area (Å²) in [6.07, 6.45) is 3.05. The molecule has 1 amide bonds. The molecule has 5 nitrogen and oxygen atoms in total. The van der Waals surface area contributed by atoms with Crippen molar-refractivity contribution in [3.05, 3.63) is 11.8 Å². The summed E-state index contributed by atoms with van der Waals surface area (Å²) in [6.45, 7) is 9.42. The number of hydrogen-bond donors (Lipinski definition) is 1. The van der Waals surface area contributed by atoms with Crippen LogP contribution in [0.1, 0.15) is 34.1 Å². The van der Waals surface area contributed by atoms with Gasteiger partial charge in [0.2, 0.25) is 0 Å². The second-order valence-corrected chi connectivity index (χ2v) is 9.46. The van der Waals surface area contributed by atoms with Gasteiger partial charge in [0.1, 0.15) is 0 Å². The van der Waals surface area contributed by atoms with Gasteiger partial charge in [-0.1, -0.05) is 0 Å². The van der Waals surface area contributed by atoms with E-state index in [2.05, 4.69) is 18.0 Å². The first-order valence-corrected chi connectivity index (χ1v) is 8.19. The fourth-order valence-corrected chi connectivity index (χ4v) is 5.26. The Kier molecular flexibility index (Phi) is 3.84. The Labute approximate surface area is 121 Å². The maximum atomic E-state index is 12.6. The van der Waals surface area contributed by atoms with E-state index in [4.69, 9.17) is 0 Å². The quantitative estimate of drug-likeness (QED) is 0.724. The van der Waals surface area contributed by atoms with Crippen LogP contribution in [0.25, 0.3) is 0 Å². The van der Waals surface area contributed by atoms with Crippen molar-refractivity contribution in [2.24, 2.45) is 0 Å². The summed E-state index contributed by atoms with van der Waals surface area (Å²) < 4.78 is 1.54. The van der Waals surface area contributed by atoms with Gasteiger partial charge in [-0.15, -0.1) is 0 Å². The van der Waals surface area contributed by atoms with Gasteiger partial charge in [0, 0.05) is 0 Å². The molecule has 0 radical (unpaired) electrons. The van der Waals surface area contributed by atoms with Crippen LogP contribution in [0.15, 0.2) is 11.8 Å². The second kappa shape index (κ2) is 4.86. The molecular formula is C13H23N3O2Se. The minimum absolute atomic E-state index is 0.00475. The topological polar surface area (TPSA) is 47.0 Å². The van der Waals surface area contributed by atoms with Crippen molar-refractivity contribution in [2.45, 2.75) is 44.1 Å². The van der Waals surface area contributed by atoms with Gasteiger partial charge in [-0.2, -0.15) is 0 Å². The van der Waals surface area contributed by atoms with E-state index in [9.17, 15) is 10.0 Å². The SMILES string of the molecule is CN1CC=C(N2[Se]C(C)(C)N(O)C(C)(C)C2=O)CC1. The molecule has 1 fully saturated rings. The van der Waals surface area contributed by atoms with Crippen LogP contribution in [0.5, 0.6) is 0 Å². The van der Waals surface area contributed by atoms with Crippen molar-refractivity contribution in [3.8, 4) is 0 Å². The number of amides is 1. The van der Waals surface area contributed by atoms with Crippen LogP contribution in [0.3, 0.4) is 0 Å². The molecule has 108 valence electrons. The summed E-state index contributed by atoms with van der Waals surface area (Å²) in [5.74, 6) is 0.00475. The fourth-order valence-electron chi connectivity index (χ4n) is 2.45. The van der Waals surface area contributed by atoms with Crippen LogP contribution in [0.4, 0.5) is 0 Å². The van der Waals surface area contributed by atoms with Crippen molar-refractivity contribution in [1.29, 1.82) is 0 Å². The van der Waals surface area contributed by atoms with E-state index in [-0.39, 0.29) is 25.5 Å². The molecule has 0 saturated carbocycles. The average Bonchev–Trinajstić information content (AvgIpc) is 2.34. The van der Waals surface area contributed by atoms with Crippen LogP contribution < -0.4 is 0 Å². The normalized spacial score (nSPS) is 28.4. The molecule has 2 aliphatic rings. The Balaban J connectivity index is 2.29. The first-order chi connectivity index (χ1) is 8.66. The third kappa shape index (κ3) is 2.60. The monoisotopic (exact) mass is 333 g/mol. The van der Waals surface area contributed by atoms with E-state index in [0.29, 0.717) is 0 Å². The predicted octanol–water partition coefficient (Wildman–Crippen LogP) is 0.873. The first kappa shape index (κ1) is 15.0. The molecule has 0 aromatic heterocycles. The third-order valence-corrected chi connectivity index (χ3v) is 6.23. The maximum absolute atomic E-state index is 12.6. The zero-order valence-corrected chi connectivity index (χ0v) is 14.0. The van der Waals surface area contributed by atoms with E-state index in [1.54, 1.807) is 13.8 Å². The van der Waals surface area contributed by atoms with Gasteiger partial charge in [-0.3, -0.25) is 0 Å². The van der Waals surface area contributed by atoms with Crippen molar-refractivity contribution in [1.82, 2.24) is 13.9 Å². The van der Waals surface area contributed by atoms with E-state index in [1.165, 1.54) is 5.06 Å². The van der Waals surface area contributed by atoms with Crippen LogP contribution in [-0.4, -0.2) is 70.3 Å². The van der Waals surface area contributed by atoms with Gasteiger partial charge in [0.05, 0.1) is 0 Å². The van der Waals surface area contributed by atoms with Gasteiger partial charge < -0.3 is 0 Å². The average molecular weight is 332 g/mol. The molecular weight excluding hydrogens is 309 g/mol. The summed E-state index contributed by atoms with van der Waals surface area (Å²) in [5.41, 5.74) is 0.255. The molecule has 19 heavy (non-hydrogen) atoms. The van der Waals surface area contributed by atoms with Gasteiger partial charge >= 0.3 is 121 Å². The number of rotatable bonds is 1. The number of hydrogen-bond acceptors (Lipinski definition) is 4.